The largest absolute Gasteiger partial charge is 0.312 e. The zero-order valence-corrected chi connectivity index (χ0v) is 13.0. The molecule has 1 aromatic carbocycles. The number of hydrogen-bond acceptors (Lipinski definition) is 3. The summed E-state index contributed by atoms with van der Waals surface area (Å²) >= 11 is 1.24. The van der Waals surface area contributed by atoms with Crippen LogP contribution in [0.25, 0.3) is 10.6 Å². The lowest BCUT2D eigenvalue weighted by Crippen LogP contribution is -2.12. The highest BCUT2D eigenvalue weighted by Gasteiger charge is 2.20. The van der Waals surface area contributed by atoms with E-state index >= 15 is 0 Å². The van der Waals surface area contributed by atoms with Gasteiger partial charge in [-0.3, -0.25) is 0 Å². The molecule has 0 aliphatic rings. The third-order valence-electron chi connectivity index (χ3n) is 3.03. The van der Waals surface area contributed by atoms with Gasteiger partial charge < -0.3 is 5.32 Å². The average molecular weight is 314 g/mol. The van der Waals surface area contributed by atoms with Gasteiger partial charge in [-0.25, -0.2) is 18.2 Å². The molecule has 2 rings (SSSR count). The first-order valence-electron chi connectivity index (χ1n) is 6.79. The van der Waals surface area contributed by atoms with Crippen LogP contribution in [0.5, 0.6) is 0 Å². The number of rotatable bonds is 5. The summed E-state index contributed by atoms with van der Waals surface area (Å²) in [5.41, 5.74) is 0.560. The van der Waals surface area contributed by atoms with Crippen molar-refractivity contribution in [1.82, 2.24) is 10.3 Å². The standard InChI is InChI=1S/C15H17F3N2S/c1-4-19-7-12-14(8(2)3)20-15(21-12)13-10(17)5-9(16)6-11(13)18/h5-6,8,19H,4,7H2,1-3H3. The van der Waals surface area contributed by atoms with E-state index < -0.39 is 17.5 Å². The molecule has 0 radical (unpaired) electrons. The molecule has 6 heteroatoms. The molecule has 0 amide bonds. The highest BCUT2D eigenvalue weighted by atomic mass is 32.1. The van der Waals surface area contributed by atoms with E-state index in [1.807, 2.05) is 20.8 Å². The second-order valence-electron chi connectivity index (χ2n) is 5.01. The van der Waals surface area contributed by atoms with Crippen molar-refractivity contribution in [2.45, 2.75) is 33.2 Å². The minimum absolute atomic E-state index is 0.148. The minimum atomic E-state index is -0.928. The molecule has 114 valence electrons. The zero-order chi connectivity index (χ0) is 15.6. The number of hydrogen-bond donors (Lipinski definition) is 1. The van der Waals surface area contributed by atoms with Crippen molar-refractivity contribution < 1.29 is 13.2 Å². The monoisotopic (exact) mass is 314 g/mol. The number of benzene rings is 1. The van der Waals surface area contributed by atoms with Crippen molar-refractivity contribution in [1.29, 1.82) is 0 Å². The van der Waals surface area contributed by atoms with E-state index in [-0.39, 0.29) is 16.5 Å². The molecular weight excluding hydrogens is 297 g/mol. The smallest absolute Gasteiger partial charge is 0.139 e. The quantitative estimate of drug-likeness (QED) is 0.881. The summed E-state index contributed by atoms with van der Waals surface area (Å²) in [4.78, 5) is 5.31. The van der Waals surface area contributed by atoms with Gasteiger partial charge in [-0.1, -0.05) is 20.8 Å². The van der Waals surface area contributed by atoms with E-state index in [2.05, 4.69) is 10.3 Å². The van der Waals surface area contributed by atoms with Gasteiger partial charge in [0.2, 0.25) is 0 Å². The van der Waals surface area contributed by atoms with Crippen LogP contribution in [0.1, 0.15) is 37.3 Å². The van der Waals surface area contributed by atoms with Gasteiger partial charge >= 0.3 is 0 Å². The number of aromatic nitrogens is 1. The van der Waals surface area contributed by atoms with Crippen LogP contribution in [0.4, 0.5) is 13.2 Å². The lowest BCUT2D eigenvalue weighted by atomic mass is 10.1. The Kier molecular flexibility index (Phi) is 5.00. The van der Waals surface area contributed by atoms with E-state index in [9.17, 15) is 13.2 Å². The molecule has 0 aliphatic carbocycles. The topological polar surface area (TPSA) is 24.9 Å². The molecule has 1 aromatic heterocycles. The van der Waals surface area contributed by atoms with Crippen molar-refractivity contribution >= 4 is 11.3 Å². The lowest BCUT2D eigenvalue weighted by molar-refractivity contribution is 0.548. The Labute approximate surface area is 126 Å². The Bertz CT molecular complexity index is 615. The Morgan fingerprint density at radius 3 is 2.33 bits per heavy atom. The SMILES string of the molecule is CCNCc1sc(-c2c(F)cc(F)cc2F)nc1C(C)C. The predicted octanol–water partition coefficient (Wildman–Crippen LogP) is 4.46. The van der Waals surface area contributed by atoms with Crippen LogP contribution in [0, 0.1) is 17.5 Å². The molecule has 1 N–H and O–H groups in total. The van der Waals surface area contributed by atoms with E-state index in [0.717, 1.165) is 17.1 Å². The molecule has 0 spiro atoms. The summed E-state index contributed by atoms with van der Waals surface area (Å²) in [6.07, 6.45) is 0. The van der Waals surface area contributed by atoms with E-state index in [0.29, 0.717) is 18.7 Å². The molecule has 0 saturated heterocycles. The first-order valence-corrected chi connectivity index (χ1v) is 7.60. The van der Waals surface area contributed by atoms with Crippen LogP contribution in [-0.2, 0) is 6.54 Å². The maximum atomic E-state index is 13.9. The summed E-state index contributed by atoms with van der Waals surface area (Å²) in [7, 11) is 0. The second-order valence-corrected chi connectivity index (χ2v) is 6.09. The van der Waals surface area contributed by atoms with Gasteiger partial charge in [0.05, 0.1) is 11.3 Å². The fraction of sp³-hybridized carbons (Fsp3) is 0.400. The van der Waals surface area contributed by atoms with Crippen molar-refractivity contribution in [2.75, 3.05) is 6.54 Å². The Balaban J connectivity index is 2.50. The molecule has 0 fully saturated rings. The molecule has 0 atom stereocenters. The highest BCUT2D eigenvalue weighted by Crippen LogP contribution is 2.34. The van der Waals surface area contributed by atoms with Crippen LogP contribution in [0.3, 0.4) is 0 Å². The molecule has 0 aliphatic heterocycles. The summed E-state index contributed by atoms with van der Waals surface area (Å²) in [5.74, 6) is -2.63. The van der Waals surface area contributed by atoms with Crippen molar-refractivity contribution in [3.05, 3.63) is 40.2 Å². The Hall–Kier alpha value is -1.40. The first kappa shape index (κ1) is 16.0. The zero-order valence-electron chi connectivity index (χ0n) is 12.1. The van der Waals surface area contributed by atoms with E-state index in [4.69, 9.17) is 0 Å². The van der Waals surface area contributed by atoms with Gasteiger partial charge in [-0.05, 0) is 12.5 Å². The summed E-state index contributed by atoms with van der Waals surface area (Å²) < 4.78 is 40.7. The minimum Gasteiger partial charge on any atom is -0.312 e. The van der Waals surface area contributed by atoms with Gasteiger partial charge in [-0.2, -0.15) is 0 Å². The summed E-state index contributed by atoms with van der Waals surface area (Å²) in [5, 5.41) is 3.44. The Morgan fingerprint density at radius 1 is 1.19 bits per heavy atom. The molecule has 2 nitrogen and oxygen atoms in total. The second kappa shape index (κ2) is 6.58. The van der Waals surface area contributed by atoms with Crippen molar-refractivity contribution in [3.63, 3.8) is 0 Å². The van der Waals surface area contributed by atoms with Crippen molar-refractivity contribution in [2.24, 2.45) is 0 Å². The maximum absolute atomic E-state index is 13.9. The fourth-order valence-corrected chi connectivity index (χ4v) is 3.27. The van der Waals surface area contributed by atoms with Crippen LogP contribution in [-0.4, -0.2) is 11.5 Å². The number of nitrogens with one attached hydrogen (secondary N) is 1. The van der Waals surface area contributed by atoms with Crippen LogP contribution in [0.15, 0.2) is 12.1 Å². The molecule has 1 heterocycles. The highest BCUT2D eigenvalue weighted by molar-refractivity contribution is 7.15. The normalized spacial score (nSPS) is 11.4. The van der Waals surface area contributed by atoms with Gasteiger partial charge in [0.1, 0.15) is 22.5 Å². The van der Waals surface area contributed by atoms with Gasteiger partial charge in [0.15, 0.2) is 0 Å². The van der Waals surface area contributed by atoms with Gasteiger partial charge in [0, 0.05) is 23.6 Å². The third-order valence-corrected chi connectivity index (χ3v) is 4.12. The van der Waals surface area contributed by atoms with Crippen LogP contribution < -0.4 is 5.32 Å². The van der Waals surface area contributed by atoms with Gasteiger partial charge in [-0.15, -0.1) is 11.3 Å². The molecule has 2 aromatic rings. The molecular formula is C15H17F3N2S. The predicted molar refractivity (Wildman–Crippen MR) is 78.9 cm³/mol. The maximum Gasteiger partial charge on any atom is 0.139 e. The fourth-order valence-electron chi connectivity index (χ4n) is 2.03. The lowest BCUT2D eigenvalue weighted by Gasteiger charge is -2.04. The van der Waals surface area contributed by atoms with E-state index in [1.165, 1.54) is 11.3 Å². The van der Waals surface area contributed by atoms with Gasteiger partial charge in [0.25, 0.3) is 0 Å². The number of nitrogens with zero attached hydrogens (tertiary/aromatic N) is 1. The van der Waals surface area contributed by atoms with Crippen LogP contribution in [0.2, 0.25) is 0 Å². The third kappa shape index (κ3) is 3.44. The molecule has 0 bridgehead atoms. The van der Waals surface area contributed by atoms with Crippen LogP contribution >= 0.6 is 11.3 Å². The average Bonchev–Trinajstić information content (AvgIpc) is 2.79. The van der Waals surface area contributed by atoms with E-state index in [1.54, 1.807) is 0 Å². The molecule has 0 saturated carbocycles. The number of thiazole rings is 1. The first-order chi connectivity index (χ1) is 9.93. The summed E-state index contributed by atoms with van der Waals surface area (Å²) in [6.45, 7) is 7.34. The molecule has 21 heavy (non-hydrogen) atoms. The number of halogens is 3. The Morgan fingerprint density at radius 2 is 1.81 bits per heavy atom. The molecule has 0 unspecified atom stereocenters. The van der Waals surface area contributed by atoms with Crippen molar-refractivity contribution in [3.8, 4) is 10.6 Å². The summed E-state index contributed by atoms with van der Waals surface area (Å²) in [6, 6.07) is 1.36.